The summed E-state index contributed by atoms with van der Waals surface area (Å²) in [6, 6.07) is -1.29. The number of phosphoric ester groups is 1. The van der Waals surface area contributed by atoms with Crippen molar-refractivity contribution in [3.05, 3.63) is 0 Å². The van der Waals surface area contributed by atoms with E-state index in [0.717, 1.165) is 6.92 Å². The molecule has 0 saturated carbocycles. The van der Waals surface area contributed by atoms with Crippen LogP contribution in [0.25, 0.3) is 0 Å². The van der Waals surface area contributed by atoms with Gasteiger partial charge in [0.15, 0.2) is 6.29 Å². The number of carbonyl (C=O) groups excluding carboxylic acids is 1. The molecule has 1 aliphatic rings. The number of aliphatic hydroxyl groups excluding tert-OH is 3. The van der Waals surface area contributed by atoms with Gasteiger partial charge in [-0.1, -0.05) is 0 Å². The molecule has 1 rings (SSSR count). The predicted octanol–water partition coefficient (Wildman–Crippen LogP) is -2.96. The van der Waals surface area contributed by atoms with Crippen LogP contribution in [-0.4, -0.2) is 68.3 Å². The molecule has 1 heterocycles. The molecule has 112 valence electrons. The summed E-state index contributed by atoms with van der Waals surface area (Å²) in [7, 11) is -4.95. The van der Waals surface area contributed by atoms with Gasteiger partial charge in [0.25, 0.3) is 0 Å². The molecule has 1 saturated heterocycles. The minimum atomic E-state index is -4.95. The average Bonchev–Trinajstić information content (AvgIpc) is 2.26. The van der Waals surface area contributed by atoms with E-state index in [4.69, 9.17) is 19.6 Å². The van der Waals surface area contributed by atoms with E-state index in [2.05, 4.69) is 9.84 Å². The third kappa shape index (κ3) is 4.48. The second kappa shape index (κ2) is 6.25. The van der Waals surface area contributed by atoms with Crippen LogP contribution in [0.5, 0.6) is 0 Å². The van der Waals surface area contributed by atoms with Crippen LogP contribution in [0.15, 0.2) is 0 Å². The van der Waals surface area contributed by atoms with Gasteiger partial charge in [-0.2, -0.15) is 0 Å². The zero-order chi connectivity index (χ0) is 14.8. The molecule has 1 aliphatic heterocycles. The minimum absolute atomic E-state index is 0.586. The van der Waals surface area contributed by atoms with Gasteiger partial charge in [0.05, 0.1) is 12.6 Å². The Labute approximate surface area is 108 Å². The van der Waals surface area contributed by atoms with Gasteiger partial charge in [-0.25, -0.2) is 4.57 Å². The fraction of sp³-hybridized carbons (Fsp3) is 0.875. The summed E-state index contributed by atoms with van der Waals surface area (Å²) in [5.74, 6) is -0.586. The lowest BCUT2D eigenvalue weighted by atomic mass is 9.96. The van der Waals surface area contributed by atoms with Gasteiger partial charge >= 0.3 is 7.82 Å². The van der Waals surface area contributed by atoms with Crippen molar-refractivity contribution < 1.29 is 43.7 Å². The van der Waals surface area contributed by atoms with Crippen LogP contribution in [0, 0.1) is 0 Å². The first-order valence-corrected chi connectivity index (χ1v) is 6.82. The van der Waals surface area contributed by atoms with E-state index < -0.39 is 51.0 Å². The first-order chi connectivity index (χ1) is 8.65. The Morgan fingerprint density at radius 2 is 1.95 bits per heavy atom. The largest absolute Gasteiger partial charge is 0.472 e. The molecule has 0 spiro atoms. The van der Waals surface area contributed by atoms with Crippen LogP contribution in [0.4, 0.5) is 0 Å². The summed E-state index contributed by atoms with van der Waals surface area (Å²) in [5.41, 5.74) is 0. The van der Waals surface area contributed by atoms with Gasteiger partial charge < -0.3 is 35.2 Å². The van der Waals surface area contributed by atoms with E-state index >= 15 is 0 Å². The Bertz CT molecular complexity index is 371. The van der Waals surface area contributed by atoms with Crippen molar-refractivity contribution in [2.75, 3.05) is 6.61 Å². The molecule has 1 fully saturated rings. The molecular weight excluding hydrogens is 285 g/mol. The summed E-state index contributed by atoms with van der Waals surface area (Å²) in [5, 5.41) is 30.7. The monoisotopic (exact) mass is 301 g/mol. The number of hydrogen-bond acceptors (Lipinski definition) is 7. The van der Waals surface area contributed by atoms with Crippen molar-refractivity contribution in [2.24, 2.45) is 0 Å². The van der Waals surface area contributed by atoms with Crippen molar-refractivity contribution in [1.82, 2.24) is 5.32 Å². The van der Waals surface area contributed by atoms with Crippen LogP contribution < -0.4 is 5.32 Å². The fourth-order valence-corrected chi connectivity index (χ4v) is 2.16. The molecule has 0 unspecified atom stereocenters. The zero-order valence-electron chi connectivity index (χ0n) is 9.91. The lowest BCUT2D eigenvalue weighted by molar-refractivity contribution is -0.255. The highest BCUT2D eigenvalue weighted by Crippen LogP contribution is 2.40. The lowest BCUT2D eigenvalue weighted by Gasteiger charge is -2.41. The zero-order valence-corrected chi connectivity index (χ0v) is 10.8. The number of ether oxygens (including phenoxy) is 1. The Balaban J connectivity index is 2.89. The van der Waals surface area contributed by atoms with Gasteiger partial charge in [-0.05, 0) is 0 Å². The van der Waals surface area contributed by atoms with Gasteiger partial charge in [-0.15, -0.1) is 0 Å². The van der Waals surface area contributed by atoms with Crippen LogP contribution in [0.3, 0.4) is 0 Å². The Morgan fingerprint density at radius 1 is 1.37 bits per heavy atom. The molecule has 6 N–H and O–H groups in total. The summed E-state index contributed by atoms with van der Waals surface area (Å²) in [4.78, 5) is 28.3. The highest BCUT2D eigenvalue weighted by molar-refractivity contribution is 7.46. The molecule has 5 atom stereocenters. The maximum absolute atomic E-state index is 11.0. The number of hydrogen-bond donors (Lipinski definition) is 6. The van der Waals surface area contributed by atoms with Crippen molar-refractivity contribution in [3.63, 3.8) is 0 Å². The molecule has 11 heteroatoms. The molecule has 1 amide bonds. The number of rotatable bonds is 4. The van der Waals surface area contributed by atoms with Crippen LogP contribution >= 0.6 is 7.82 Å². The normalized spacial score (nSPS) is 36.0. The Kier molecular flexibility index (Phi) is 5.42. The topological polar surface area (TPSA) is 166 Å². The summed E-state index contributed by atoms with van der Waals surface area (Å²) in [6.07, 6.45) is -6.23. The molecule has 0 bridgehead atoms. The molecule has 19 heavy (non-hydrogen) atoms. The van der Waals surface area contributed by atoms with Gasteiger partial charge in [-0.3, -0.25) is 9.32 Å². The van der Waals surface area contributed by atoms with E-state index in [1.807, 2.05) is 0 Å². The van der Waals surface area contributed by atoms with Crippen molar-refractivity contribution in [3.8, 4) is 0 Å². The first kappa shape index (κ1) is 16.5. The molecule has 0 aliphatic carbocycles. The van der Waals surface area contributed by atoms with Crippen LogP contribution in [-0.2, 0) is 18.6 Å². The maximum atomic E-state index is 11.0. The second-order valence-corrected chi connectivity index (χ2v) is 5.22. The summed E-state index contributed by atoms with van der Waals surface area (Å²) >= 11 is 0. The van der Waals surface area contributed by atoms with Crippen molar-refractivity contribution in [1.29, 1.82) is 0 Å². The lowest BCUT2D eigenvalue weighted by Crippen LogP contribution is -2.64. The number of phosphoric acid groups is 1. The van der Waals surface area contributed by atoms with Gasteiger partial charge in [0.2, 0.25) is 5.91 Å². The molecule has 0 radical (unpaired) electrons. The summed E-state index contributed by atoms with van der Waals surface area (Å²) < 4.78 is 19.8. The van der Waals surface area contributed by atoms with Crippen LogP contribution in [0.1, 0.15) is 6.92 Å². The van der Waals surface area contributed by atoms with Crippen molar-refractivity contribution >= 4 is 13.7 Å². The highest BCUT2D eigenvalue weighted by atomic mass is 31.2. The number of carbonyl (C=O) groups is 1. The molecule has 0 aromatic carbocycles. The molecular formula is C8H16NO9P. The van der Waals surface area contributed by atoms with E-state index in [-0.39, 0.29) is 0 Å². The molecule has 0 aromatic heterocycles. The standard InChI is InChI=1S/C8H16NO9P/c1-3(11)9-5-6(12)4(2-10)17-8(7(5)13)18-19(14,15)16/h4-8,10,12-13H,2H2,1H3,(H,9,11)(H2,14,15,16)/t4-,5-,6-,7-,8+/m1/s1. The van der Waals surface area contributed by atoms with Crippen LogP contribution in [0.2, 0.25) is 0 Å². The van der Waals surface area contributed by atoms with E-state index in [1.54, 1.807) is 0 Å². The van der Waals surface area contributed by atoms with E-state index in [0.29, 0.717) is 0 Å². The number of amides is 1. The Hall–Kier alpha value is -0.580. The Morgan fingerprint density at radius 3 is 2.37 bits per heavy atom. The van der Waals surface area contributed by atoms with E-state index in [9.17, 15) is 19.6 Å². The number of aliphatic hydroxyl groups is 3. The SMILES string of the molecule is CC(=O)N[C@H]1[C@@H](O)[C@H](OP(=O)(O)O)O[C@H](CO)[C@H]1O. The minimum Gasteiger partial charge on any atom is -0.394 e. The predicted molar refractivity (Wildman–Crippen MR) is 58.5 cm³/mol. The maximum Gasteiger partial charge on any atom is 0.472 e. The fourth-order valence-electron chi connectivity index (χ4n) is 1.71. The average molecular weight is 301 g/mol. The summed E-state index contributed by atoms with van der Waals surface area (Å²) in [6.45, 7) is 0.437. The third-order valence-corrected chi connectivity index (χ3v) is 2.98. The molecule has 0 aromatic rings. The highest BCUT2D eigenvalue weighted by Gasteiger charge is 2.47. The number of nitrogens with one attached hydrogen (secondary N) is 1. The molecule has 10 nitrogen and oxygen atoms in total. The second-order valence-electron chi connectivity index (χ2n) is 4.03. The van der Waals surface area contributed by atoms with Crippen molar-refractivity contribution in [2.45, 2.75) is 37.6 Å². The quantitative estimate of drug-likeness (QED) is 0.297. The third-order valence-electron chi connectivity index (χ3n) is 2.50. The first-order valence-electron chi connectivity index (χ1n) is 5.29. The van der Waals surface area contributed by atoms with Gasteiger partial charge in [0.1, 0.15) is 18.3 Å². The van der Waals surface area contributed by atoms with E-state index in [1.165, 1.54) is 0 Å². The smallest absolute Gasteiger partial charge is 0.394 e. The van der Waals surface area contributed by atoms with Gasteiger partial charge in [0, 0.05) is 6.92 Å².